The van der Waals surface area contributed by atoms with Crippen LogP contribution in [0.2, 0.25) is 0 Å². The molecule has 2 N–H and O–H groups in total. The van der Waals surface area contributed by atoms with Crippen molar-refractivity contribution in [3.05, 3.63) is 29.3 Å². The predicted molar refractivity (Wildman–Crippen MR) is 74.4 cm³/mol. The molecule has 7 heteroatoms. The van der Waals surface area contributed by atoms with Crippen LogP contribution in [0.1, 0.15) is 24.5 Å². The minimum absolute atomic E-state index is 0.0500. The number of nitrogens with one attached hydrogen (secondary N) is 2. The number of aryl methyl sites for hydroxylation is 1. The smallest absolute Gasteiger partial charge is 0.251 e. The van der Waals surface area contributed by atoms with Gasteiger partial charge in [-0.25, -0.2) is 21.9 Å². The SMILES string of the molecule is CCCNCc1ccc(C)c(S(=O)(=O)NCC(F)F)c1. The summed E-state index contributed by atoms with van der Waals surface area (Å²) < 4.78 is 50.1. The van der Waals surface area contributed by atoms with E-state index in [1.54, 1.807) is 13.0 Å². The molecule has 0 aliphatic carbocycles. The lowest BCUT2D eigenvalue weighted by Gasteiger charge is -2.11. The number of hydrogen-bond acceptors (Lipinski definition) is 3. The molecule has 0 unspecified atom stereocenters. The van der Waals surface area contributed by atoms with Gasteiger partial charge in [-0.3, -0.25) is 0 Å². The van der Waals surface area contributed by atoms with Crippen molar-refractivity contribution in [2.75, 3.05) is 13.1 Å². The van der Waals surface area contributed by atoms with Gasteiger partial charge in [-0.15, -0.1) is 0 Å². The molecule has 1 rings (SSSR count). The maximum absolute atomic E-state index is 12.1. The summed E-state index contributed by atoms with van der Waals surface area (Å²) in [4.78, 5) is 0.0500. The second-order valence-electron chi connectivity index (χ2n) is 4.52. The molecule has 0 saturated heterocycles. The normalized spacial score (nSPS) is 12.1. The highest BCUT2D eigenvalue weighted by molar-refractivity contribution is 7.89. The standard InChI is InChI=1S/C13H20F2N2O2S/c1-3-6-16-8-11-5-4-10(2)12(7-11)20(18,19)17-9-13(14)15/h4-5,7,13,16-17H,3,6,8-9H2,1-2H3. The van der Waals surface area contributed by atoms with E-state index in [-0.39, 0.29) is 4.90 Å². The summed E-state index contributed by atoms with van der Waals surface area (Å²) in [5.41, 5.74) is 1.34. The number of hydrogen-bond donors (Lipinski definition) is 2. The molecule has 0 bridgehead atoms. The molecule has 0 amide bonds. The Morgan fingerprint density at radius 1 is 1.30 bits per heavy atom. The molecule has 0 heterocycles. The molecule has 0 saturated carbocycles. The fraction of sp³-hybridized carbons (Fsp3) is 0.538. The molecule has 1 aromatic rings. The summed E-state index contributed by atoms with van der Waals surface area (Å²) in [5, 5.41) is 3.16. The Bertz CT molecular complexity index is 533. The first kappa shape index (κ1) is 17.0. The van der Waals surface area contributed by atoms with Crippen molar-refractivity contribution >= 4 is 10.0 Å². The van der Waals surface area contributed by atoms with Gasteiger partial charge in [0.15, 0.2) is 0 Å². The molecule has 0 fully saturated rings. The highest BCUT2D eigenvalue weighted by atomic mass is 32.2. The van der Waals surface area contributed by atoms with E-state index in [9.17, 15) is 17.2 Å². The monoisotopic (exact) mass is 306 g/mol. The Kier molecular flexibility index (Phi) is 6.51. The van der Waals surface area contributed by atoms with Crippen LogP contribution in [0.3, 0.4) is 0 Å². The second kappa shape index (κ2) is 7.66. The zero-order chi connectivity index (χ0) is 15.2. The largest absolute Gasteiger partial charge is 0.313 e. The third-order valence-electron chi connectivity index (χ3n) is 2.73. The molecular weight excluding hydrogens is 286 g/mol. The van der Waals surface area contributed by atoms with E-state index in [4.69, 9.17) is 0 Å². The van der Waals surface area contributed by atoms with Crippen molar-refractivity contribution in [3.63, 3.8) is 0 Å². The van der Waals surface area contributed by atoms with Gasteiger partial charge in [-0.1, -0.05) is 19.1 Å². The minimum Gasteiger partial charge on any atom is -0.313 e. The van der Waals surface area contributed by atoms with Gasteiger partial charge in [0.25, 0.3) is 6.43 Å². The van der Waals surface area contributed by atoms with Crippen molar-refractivity contribution in [2.24, 2.45) is 0 Å². The molecule has 114 valence electrons. The molecule has 0 aliphatic rings. The maximum Gasteiger partial charge on any atom is 0.251 e. The summed E-state index contributed by atoms with van der Waals surface area (Å²) in [6, 6.07) is 5.02. The van der Waals surface area contributed by atoms with E-state index in [0.29, 0.717) is 12.1 Å². The Morgan fingerprint density at radius 3 is 2.60 bits per heavy atom. The van der Waals surface area contributed by atoms with E-state index >= 15 is 0 Å². The fourth-order valence-electron chi connectivity index (χ4n) is 1.70. The van der Waals surface area contributed by atoms with Gasteiger partial charge in [0.2, 0.25) is 10.0 Å². The Morgan fingerprint density at radius 2 is 2.00 bits per heavy atom. The van der Waals surface area contributed by atoms with Crippen LogP contribution in [0.15, 0.2) is 23.1 Å². The number of benzene rings is 1. The van der Waals surface area contributed by atoms with Gasteiger partial charge in [0.1, 0.15) is 0 Å². The van der Waals surface area contributed by atoms with Gasteiger partial charge in [0.05, 0.1) is 11.4 Å². The molecule has 0 aliphatic heterocycles. The lowest BCUT2D eigenvalue weighted by atomic mass is 10.1. The topological polar surface area (TPSA) is 58.2 Å². The van der Waals surface area contributed by atoms with E-state index in [0.717, 1.165) is 18.5 Å². The molecular formula is C13H20F2N2O2S. The predicted octanol–water partition coefficient (Wildman–Crippen LogP) is 2.04. The molecule has 0 spiro atoms. The van der Waals surface area contributed by atoms with Crippen molar-refractivity contribution in [1.29, 1.82) is 0 Å². The van der Waals surface area contributed by atoms with Gasteiger partial charge >= 0.3 is 0 Å². The molecule has 0 atom stereocenters. The van der Waals surface area contributed by atoms with E-state index < -0.39 is 23.0 Å². The lowest BCUT2D eigenvalue weighted by Crippen LogP contribution is -2.29. The van der Waals surface area contributed by atoms with Crippen LogP contribution < -0.4 is 10.0 Å². The van der Waals surface area contributed by atoms with Crippen LogP contribution in [-0.2, 0) is 16.6 Å². The van der Waals surface area contributed by atoms with Gasteiger partial charge < -0.3 is 5.32 Å². The first-order chi connectivity index (χ1) is 9.36. The number of halogens is 2. The van der Waals surface area contributed by atoms with E-state index in [2.05, 4.69) is 5.32 Å². The molecule has 0 aromatic heterocycles. The van der Waals surface area contributed by atoms with Crippen LogP contribution >= 0.6 is 0 Å². The summed E-state index contributed by atoms with van der Waals surface area (Å²) in [6.07, 6.45) is -1.73. The van der Waals surface area contributed by atoms with E-state index in [1.807, 2.05) is 17.7 Å². The van der Waals surface area contributed by atoms with Crippen LogP contribution in [0, 0.1) is 6.92 Å². The van der Waals surface area contributed by atoms with Crippen molar-refractivity contribution in [1.82, 2.24) is 10.0 Å². The third kappa shape index (κ3) is 5.15. The van der Waals surface area contributed by atoms with Crippen LogP contribution in [0.4, 0.5) is 8.78 Å². The van der Waals surface area contributed by atoms with Crippen LogP contribution in [0.5, 0.6) is 0 Å². The molecule has 1 aromatic carbocycles. The van der Waals surface area contributed by atoms with Crippen molar-refractivity contribution < 1.29 is 17.2 Å². The quantitative estimate of drug-likeness (QED) is 0.723. The van der Waals surface area contributed by atoms with Gasteiger partial charge in [-0.2, -0.15) is 0 Å². The zero-order valence-corrected chi connectivity index (χ0v) is 12.4. The van der Waals surface area contributed by atoms with Crippen LogP contribution in [-0.4, -0.2) is 27.9 Å². The summed E-state index contributed by atoms with van der Waals surface area (Å²) in [5.74, 6) is 0. The molecule has 4 nitrogen and oxygen atoms in total. The second-order valence-corrected chi connectivity index (χ2v) is 6.25. The van der Waals surface area contributed by atoms with Gasteiger partial charge in [-0.05, 0) is 37.1 Å². The molecule has 0 radical (unpaired) electrons. The maximum atomic E-state index is 12.1. The zero-order valence-electron chi connectivity index (χ0n) is 11.6. The highest BCUT2D eigenvalue weighted by Crippen LogP contribution is 2.17. The summed E-state index contributed by atoms with van der Waals surface area (Å²) in [6.45, 7) is 4.18. The summed E-state index contributed by atoms with van der Waals surface area (Å²) >= 11 is 0. The average Bonchev–Trinajstić information content (AvgIpc) is 2.38. The first-order valence-corrected chi connectivity index (χ1v) is 7.93. The number of alkyl halides is 2. The number of rotatable bonds is 8. The Hall–Kier alpha value is -1.05. The van der Waals surface area contributed by atoms with Crippen molar-refractivity contribution in [3.8, 4) is 0 Å². The average molecular weight is 306 g/mol. The third-order valence-corrected chi connectivity index (χ3v) is 4.29. The molecule has 20 heavy (non-hydrogen) atoms. The Balaban J connectivity index is 2.89. The fourth-order valence-corrected chi connectivity index (χ4v) is 3.00. The Labute approximate surface area is 118 Å². The van der Waals surface area contributed by atoms with E-state index in [1.165, 1.54) is 6.07 Å². The van der Waals surface area contributed by atoms with Crippen molar-refractivity contribution in [2.45, 2.75) is 38.1 Å². The highest BCUT2D eigenvalue weighted by Gasteiger charge is 2.18. The van der Waals surface area contributed by atoms with Gasteiger partial charge in [0, 0.05) is 6.54 Å². The first-order valence-electron chi connectivity index (χ1n) is 6.45. The lowest BCUT2D eigenvalue weighted by molar-refractivity contribution is 0.153. The van der Waals surface area contributed by atoms with Crippen LogP contribution in [0.25, 0.3) is 0 Å². The minimum atomic E-state index is -3.90. The number of sulfonamides is 1. The summed E-state index contributed by atoms with van der Waals surface area (Å²) in [7, 11) is -3.90.